The Morgan fingerprint density at radius 3 is 2.42 bits per heavy atom. The summed E-state index contributed by atoms with van der Waals surface area (Å²) in [7, 11) is 0. The van der Waals surface area contributed by atoms with E-state index in [1.54, 1.807) is 11.0 Å². The van der Waals surface area contributed by atoms with Gasteiger partial charge in [-0.3, -0.25) is 4.79 Å². The summed E-state index contributed by atoms with van der Waals surface area (Å²) < 4.78 is 5.32. The second-order valence-corrected chi connectivity index (χ2v) is 6.41. The number of hydrogen-bond donors (Lipinski definition) is 1. The van der Waals surface area contributed by atoms with Crippen molar-refractivity contribution in [3.8, 4) is 0 Å². The quantitative estimate of drug-likeness (QED) is 0.893. The number of ether oxygens (including phenoxy) is 1. The third-order valence-corrected chi connectivity index (χ3v) is 4.61. The standard InChI is InChI=1S/C20H26N4O2/c1-4-15-7-6-8-16(5-2)18(15)23-20-21-14(3)13-17(22-20)19(25)24-9-11-26-12-10-24/h6-8,13H,4-5,9-12H2,1-3H3,(H,21,22,23). The Hall–Kier alpha value is -2.47. The number of para-hydroxylation sites is 1. The number of morpholine rings is 1. The molecule has 3 rings (SSSR count). The van der Waals surface area contributed by atoms with Gasteiger partial charge >= 0.3 is 0 Å². The predicted molar refractivity (Wildman–Crippen MR) is 102 cm³/mol. The Morgan fingerprint density at radius 1 is 1.15 bits per heavy atom. The zero-order chi connectivity index (χ0) is 18.5. The molecule has 6 heteroatoms. The van der Waals surface area contributed by atoms with Crippen molar-refractivity contribution in [1.29, 1.82) is 0 Å². The van der Waals surface area contributed by atoms with E-state index >= 15 is 0 Å². The van der Waals surface area contributed by atoms with E-state index in [4.69, 9.17) is 4.74 Å². The molecule has 1 amide bonds. The van der Waals surface area contributed by atoms with Crippen LogP contribution >= 0.6 is 0 Å². The van der Waals surface area contributed by atoms with E-state index in [0.717, 1.165) is 24.2 Å². The number of amides is 1. The summed E-state index contributed by atoms with van der Waals surface area (Å²) in [5, 5.41) is 3.36. The Bertz CT molecular complexity index is 763. The van der Waals surface area contributed by atoms with Crippen molar-refractivity contribution in [2.45, 2.75) is 33.6 Å². The van der Waals surface area contributed by atoms with E-state index < -0.39 is 0 Å². The van der Waals surface area contributed by atoms with Gasteiger partial charge < -0.3 is 15.0 Å². The largest absolute Gasteiger partial charge is 0.378 e. The number of nitrogens with one attached hydrogen (secondary N) is 1. The van der Waals surface area contributed by atoms with Crippen molar-refractivity contribution < 1.29 is 9.53 Å². The fraction of sp³-hybridized carbons (Fsp3) is 0.450. The van der Waals surface area contributed by atoms with Crippen LogP contribution in [0, 0.1) is 6.92 Å². The van der Waals surface area contributed by atoms with Crippen molar-refractivity contribution in [3.05, 3.63) is 46.8 Å². The van der Waals surface area contributed by atoms with Crippen LogP contribution in [0.4, 0.5) is 11.6 Å². The highest BCUT2D eigenvalue weighted by Crippen LogP contribution is 2.25. The van der Waals surface area contributed by atoms with Crippen LogP contribution in [0.15, 0.2) is 24.3 Å². The third-order valence-electron chi connectivity index (χ3n) is 4.61. The first-order valence-electron chi connectivity index (χ1n) is 9.22. The zero-order valence-corrected chi connectivity index (χ0v) is 15.7. The van der Waals surface area contributed by atoms with Crippen LogP contribution in [0.1, 0.15) is 41.2 Å². The lowest BCUT2D eigenvalue weighted by atomic mass is 10.0. The van der Waals surface area contributed by atoms with Crippen LogP contribution in [0.3, 0.4) is 0 Å². The van der Waals surface area contributed by atoms with Crippen LogP contribution in [0.5, 0.6) is 0 Å². The number of rotatable bonds is 5. The van der Waals surface area contributed by atoms with Gasteiger partial charge in [0.15, 0.2) is 0 Å². The Labute approximate surface area is 154 Å². The molecule has 0 spiro atoms. The highest BCUT2D eigenvalue weighted by molar-refractivity contribution is 5.92. The monoisotopic (exact) mass is 354 g/mol. The number of hydrogen-bond acceptors (Lipinski definition) is 5. The lowest BCUT2D eigenvalue weighted by Gasteiger charge is -2.26. The molecule has 0 radical (unpaired) electrons. The summed E-state index contributed by atoms with van der Waals surface area (Å²) >= 11 is 0. The fourth-order valence-corrected chi connectivity index (χ4v) is 3.18. The topological polar surface area (TPSA) is 67.4 Å². The second-order valence-electron chi connectivity index (χ2n) is 6.41. The van der Waals surface area contributed by atoms with Gasteiger partial charge in [0, 0.05) is 24.5 Å². The normalized spacial score (nSPS) is 14.3. The van der Waals surface area contributed by atoms with Gasteiger partial charge in [0.1, 0.15) is 5.69 Å². The van der Waals surface area contributed by atoms with Crippen LogP contribution in [0.25, 0.3) is 0 Å². The average Bonchev–Trinajstić information content (AvgIpc) is 2.67. The summed E-state index contributed by atoms with van der Waals surface area (Å²) in [4.78, 5) is 23.5. The van der Waals surface area contributed by atoms with Crippen molar-refractivity contribution in [3.63, 3.8) is 0 Å². The first-order valence-corrected chi connectivity index (χ1v) is 9.22. The maximum atomic E-state index is 12.8. The van der Waals surface area contributed by atoms with Gasteiger partial charge in [-0.2, -0.15) is 0 Å². The molecule has 1 saturated heterocycles. The summed E-state index contributed by atoms with van der Waals surface area (Å²) in [5.74, 6) is 0.401. The highest BCUT2D eigenvalue weighted by atomic mass is 16.5. The smallest absolute Gasteiger partial charge is 0.272 e. The van der Waals surface area contributed by atoms with E-state index in [0.29, 0.717) is 37.9 Å². The molecule has 1 aromatic heterocycles. The van der Waals surface area contributed by atoms with Crippen LogP contribution in [-0.4, -0.2) is 47.1 Å². The fourth-order valence-electron chi connectivity index (χ4n) is 3.18. The van der Waals surface area contributed by atoms with Crippen molar-refractivity contribution in [2.75, 3.05) is 31.6 Å². The predicted octanol–water partition coefficient (Wildman–Crippen LogP) is 3.13. The van der Waals surface area contributed by atoms with Gasteiger partial charge in [-0.15, -0.1) is 0 Å². The maximum absolute atomic E-state index is 12.8. The minimum atomic E-state index is -0.0682. The SMILES string of the molecule is CCc1cccc(CC)c1Nc1nc(C)cc(C(=O)N2CCOCC2)n1. The molecule has 1 N–H and O–H groups in total. The first-order chi connectivity index (χ1) is 12.6. The number of aromatic nitrogens is 2. The van der Waals surface area contributed by atoms with Gasteiger partial charge in [0.2, 0.25) is 5.95 Å². The van der Waals surface area contributed by atoms with Crippen LogP contribution < -0.4 is 5.32 Å². The van der Waals surface area contributed by atoms with Crippen molar-refractivity contribution in [2.24, 2.45) is 0 Å². The number of nitrogens with zero attached hydrogens (tertiary/aromatic N) is 3. The number of aryl methyl sites for hydroxylation is 3. The molecule has 2 aromatic rings. The molecule has 0 atom stereocenters. The minimum absolute atomic E-state index is 0.0682. The molecular weight excluding hydrogens is 328 g/mol. The third kappa shape index (κ3) is 4.02. The van der Waals surface area contributed by atoms with E-state index in [1.165, 1.54) is 11.1 Å². The lowest BCUT2D eigenvalue weighted by molar-refractivity contribution is 0.0299. The summed E-state index contributed by atoms with van der Waals surface area (Å²) in [5.41, 5.74) is 4.68. The molecule has 26 heavy (non-hydrogen) atoms. The molecule has 1 aliphatic rings. The van der Waals surface area contributed by atoms with Crippen LogP contribution in [0.2, 0.25) is 0 Å². The Morgan fingerprint density at radius 2 is 1.81 bits per heavy atom. The summed E-state index contributed by atoms with van der Waals surface area (Å²) in [6.07, 6.45) is 1.84. The van der Waals surface area contributed by atoms with Gasteiger partial charge in [-0.1, -0.05) is 32.0 Å². The average molecular weight is 354 g/mol. The number of carbonyl (C=O) groups is 1. The molecule has 6 nitrogen and oxygen atoms in total. The molecule has 1 fully saturated rings. The second kappa shape index (κ2) is 8.27. The Balaban J connectivity index is 1.90. The molecule has 138 valence electrons. The van der Waals surface area contributed by atoms with Gasteiger partial charge in [-0.25, -0.2) is 9.97 Å². The lowest BCUT2D eigenvalue weighted by Crippen LogP contribution is -2.41. The van der Waals surface area contributed by atoms with Gasteiger partial charge in [0.05, 0.1) is 13.2 Å². The number of anilines is 2. The summed E-state index contributed by atoms with van der Waals surface area (Å²) in [6.45, 7) is 8.49. The van der Waals surface area contributed by atoms with E-state index in [9.17, 15) is 4.79 Å². The highest BCUT2D eigenvalue weighted by Gasteiger charge is 2.21. The van der Waals surface area contributed by atoms with Gasteiger partial charge in [0.25, 0.3) is 5.91 Å². The maximum Gasteiger partial charge on any atom is 0.272 e. The van der Waals surface area contributed by atoms with E-state index in [1.807, 2.05) is 6.92 Å². The molecule has 0 bridgehead atoms. The van der Waals surface area contributed by atoms with Crippen molar-refractivity contribution in [1.82, 2.24) is 14.9 Å². The molecule has 0 saturated carbocycles. The molecule has 1 aromatic carbocycles. The molecule has 0 aliphatic carbocycles. The van der Waals surface area contributed by atoms with Crippen LogP contribution in [-0.2, 0) is 17.6 Å². The summed E-state index contributed by atoms with van der Waals surface area (Å²) in [6, 6.07) is 8.04. The van der Waals surface area contributed by atoms with Crippen molar-refractivity contribution >= 4 is 17.5 Å². The zero-order valence-electron chi connectivity index (χ0n) is 15.7. The molecule has 1 aliphatic heterocycles. The minimum Gasteiger partial charge on any atom is -0.378 e. The number of carbonyl (C=O) groups excluding carboxylic acids is 1. The Kier molecular flexibility index (Phi) is 5.83. The van der Waals surface area contributed by atoms with E-state index in [-0.39, 0.29) is 5.91 Å². The van der Waals surface area contributed by atoms with Gasteiger partial charge in [-0.05, 0) is 37.0 Å². The molecule has 2 heterocycles. The molecular formula is C20H26N4O2. The number of benzene rings is 1. The van der Waals surface area contributed by atoms with E-state index in [2.05, 4.69) is 47.3 Å². The molecule has 0 unspecified atom stereocenters. The first kappa shape index (κ1) is 18.3.